The smallest absolute Gasteiger partial charge is 0.261 e. The Morgan fingerprint density at radius 1 is 0.933 bits per heavy atom. The van der Waals surface area contributed by atoms with Gasteiger partial charge in [-0.1, -0.05) is 30.3 Å². The molecule has 2 aromatic carbocycles. The second-order valence-corrected chi connectivity index (χ2v) is 7.98. The molecule has 3 amide bonds. The first kappa shape index (κ1) is 21.3. The number of carbonyl (C=O) groups is 3. The summed E-state index contributed by atoms with van der Waals surface area (Å²) in [5, 5.41) is 8.57. The Kier molecular flexibility index (Phi) is 6.98. The fourth-order valence-electron chi connectivity index (χ4n) is 2.84. The van der Waals surface area contributed by atoms with Crippen LogP contribution in [0.15, 0.2) is 66.7 Å². The molecule has 0 aliphatic carbocycles. The highest BCUT2D eigenvalue weighted by molar-refractivity contribution is 7.14. The standard InChI is InChI=1S/C23H23N3O3S/c1-15(25-23(29)21-12-11-20(30-21)14-24-16(2)27)18-9-6-10-19(13-18)26-22(28)17-7-4-3-5-8-17/h3-13,15H,14H2,1-2H3,(H,24,27)(H,25,29)(H,26,28). The number of nitrogens with one attached hydrogen (secondary N) is 3. The van der Waals surface area contributed by atoms with Gasteiger partial charge in [-0.25, -0.2) is 0 Å². The van der Waals surface area contributed by atoms with Gasteiger partial charge in [-0.2, -0.15) is 0 Å². The minimum atomic E-state index is -0.244. The van der Waals surface area contributed by atoms with Crippen molar-refractivity contribution in [3.8, 4) is 0 Å². The molecule has 154 valence electrons. The van der Waals surface area contributed by atoms with E-state index in [1.165, 1.54) is 18.3 Å². The minimum Gasteiger partial charge on any atom is -0.351 e. The third-order valence-electron chi connectivity index (χ3n) is 4.43. The fraction of sp³-hybridized carbons (Fsp3) is 0.174. The lowest BCUT2D eigenvalue weighted by molar-refractivity contribution is -0.119. The van der Waals surface area contributed by atoms with Gasteiger partial charge in [-0.05, 0) is 48.9 Å². The zero-order chi connectivity index (χ0) is 21.5. The molecular formula is C23H23N3O3S. The molecule has 30 heavy (non-hydrogen) atoms. The maximum absolute atomic E-state index is 12.6. The quantitative estimate of drug-likeness (QED) is 0.536. The van der Waals surface area contributed by atoms with Crippen LogP contribution in [0, 0.1) is 0 Å². The normalized spacial score (nSPS) is 11.4. The number of thiophene rings is 1. The van der Waals surface area contributed by atoms with Crippen molar-refractivity contribution >= 4 is 34.7 Å². The topological polar surface area (TPSA) is 87.3 Å². The van der Waals surface area contributed by atoms with Crippen molar-refractivity contribution in [3.63, 3.8) is 0 Å². The van der Waals surface area contributed by atoms with Crippen LogP contribution < -0.4 is 16.0 Å². The van der Waals surface area contributed by atoms with Gasteiger partial charge in [0.2, 0.25) is 5.91 Å². The van der Waals surface area contributed by atoms with Crippen LogP contribution in [0.1, 0.15) is 50.4 Å². The van der Waals surface area contributed by atoms with E-state index in [1.54, 1.807) is 18.2 Å². The SMILES string of the molecule is CC(=O)NCc1ccc(C(=O)NC(C)c2cccc(NC(=O)c3ccccc3)c2)s1. The van der Waals surface area contributed by atoms with Gasteiger partial charge >= 0.3 is 0 Å². The van der Waals surface area contributed by atoms with Gasteiger partial charge in [-0.15, -0.1) is 11.3 Å². The van der Waals surface area contributed by atoms with Crippen LogP contribution in [0.5, 0.6) is 0 Å². The van der Waals surface area contributed by atoms with Crippen molar-refractivity contribution in [1.29, 1.82) is 0 Å². The summed E-state index contributed by atoms with van der Waals surface area (Å²) in [6.07, 6.45) is 0. The molecule has 6 nitrogen and oxygen atoms in total. The number of rotatable bonds is 7. The van der Waals surface area contributed by atoms with Crippen molar-refractivity contribution in [2.75, 3.05) is 5.32 Å². The van der Waals surface area contributed by atoms with Crippen molar-refractivity contribution < 1.29 is 14.4 Å². The van der Waals surface area contributed by atoms with Gasteiger partial charge < -0.3 is 16.0 Å². The van der Waals surface area contributed by atoms with Crippen LogP contribution in [-0.4, -0.2) is 17.7 Å². The average molecular weight is 422 g/mol. The summed E-state index contributed by atoms with van der Waals surface area (Å²) in [5.74, 6) is -0.475. The summed E-state index contributed by atoms with van der Waals surface area (Å²) in [6.45, 7) is 3.76. The first-order valence-corrected chi connectivity index (χ1v) is 10.3. The summed E-state index contributed by atoms with van der Waals surface area (Å²) in [7, 11) is 0. The molecule has 0 radical (unpaired) electrons. The highest BCUT2D eigenvalue weighted by atomic mass is 32.1. The van der Waals surface area contributed by atoms with Crippen LogP contribution in [0.25, 0.3) is 0 Å². The van der Waals surface area contributed by atoms with Crippen molar-refractivity contribution in [1.82, 2.24) is 10.6 Å². The average Bonchev–Trinajstić information content (AvgIpc) is 3.22. The third kappa shape index (κ3) is 5.78. The molecule has 1 atom stereocenters. The van der Waals surface area contributed by atoms with Crippen molar-refractivity contribution in [3.05, 3.63) is 87.6 Å². The summed E-state index contributed by atoms with van der Waals surface area (Å²) in [5.41, 5.74) is 2.12. The van der Waals surface area contributed by atoms with E-state index in [1.807, 2.05) is 55.5 Å². The van der Waals surface area contributed by atoms with E-state index in [0.29, 0.717) is 22.7 Å². The van der Waals surface area contributed by atoms with Crippen LogP contribution >= 0.6 is 11.3 Å². The molecule has 7 heteroatoms. The molecule has 0 bridgehead atoms. The van der Waals surface area contributed by atoms with E-state index in [9.17, 15) is 14.4 Å². The maximum atomic E-state index is 12.6. The third-order valence-corrected chi connectivity index (χ3v) is 5.51. The van der Waals surface area contributed by atoms with Crippen LogP contribution in [0.2, 0.25) is 0 Å². The number of carbonyl (C=O) groups excluding carboxylic acids is 3. The molecule has 0 aliphatic heterocycles. The summed E-state index contributed by atoms with van der Waals surface area (Å²) < 4.78 is 0. The number of benzene rings is 2. The van der Waals surface area contributed by atoms with Gasteiger partial charge in [0.25, 0.3) is 11.8 Å². The summed E-state index contributed by atoms with van der Waals surface area (Å²) >= 11 is 1.35. The zero-order valence-electron chi connectivity index (χ0n) is 16.8. The summed E-state index contributed by atoms with van der Waals surface area (Å²) in [4.78, 5) is 37.4. The highest BCUT2D eigenvalue weighted by Crippen LogP contribution is 2.21. The van der Waals surface area contributed by atoms with Crippen LogP contribution in [-0.2, 0) is 11.3 Å². The van der Waals surface area contributed by atoms with Gasteiger partial charge in [0.1, 0.15) is 0 Å². The lowest BCUT2D eigenvalue weighted by Crippen LogP contribution is -2.26. The van der Waals surface area contributed by atoms with E-state index in [0.717, 1.165) is 10.4 Å². The molecule has 1 unspecified atom stereocenters. The number of anilines is 1. The second-order valence-electron chi connectivity index (χ2n) is 6.82. The molecule has 0 fully saturated rings. The van der Waals surface area contributed by atoms with Crippen LogP contribution in [0.4, 0.5) is 5.69 Å². The Bertz CT molecular complexity index is 1050. The Labute approximate surface area is 179 Å². The molecule has 3 N–H and O–H groups in total. The largest absolute Gasteiger partial charge is 0.351 e. The first-order chi connectivity index (χ1) is 14.4. The van der Waals surface area contributed by atoms with E-state index in [-0.39, 0.29) is 23.8 Å². The highest BCUT2D eigenvalue weighted by Gasteiger charge is 2.14. The molecule has 0 aliphatic rings. The monoisotopic (exact) mass is 421 g/mol. The Balaban J connectivity index is 1.62. The van der Waals surface area contributed by atoms with Crippen molar-refractivity contribution in [2.45, 2.75) is 26.4 Å². The van der Waals surface area contributed by atoms with Gasteiger partial charge in [0.05, 0.1) is 17.5 Å². The van der Waals surface area contributed by atoms with Crippen molar-refractivity contribution in [2.24, 2.45) is 0 Å². The fourth-order valence-corrected chi connectivity index (χ4v) is 3.69. The summed E-state index contributed by atoms with van der Waals surface area (Å²) in [6, 6.07) is 19.7. The minimum absolute atomic E-state index is 0.109. The molecule has 1 aromatic heterocycles. The number of amides is 3. The lowest BCUT2D eigenvalue weighted by atomic mass is 10.1. The molecule has 3 rings (SSSR count). The van der Waals surface area contributed by atoms with Gasteiger partial charge in [0.15, 0.2) is 0 Å². The van der Waals surface area contributed by atoms with E-state index in [4.69, 9.17) is 0 Å². The first-order valence-electron chi connectivity index (χ1n) is 9.53. The van der Waals surface area contributed by atoms with Crippen LogP contribution in [0.3, 0.4) is 0 Å². The Morgan fingerprint density at radius 3 is 2.43 bits per heavy atom. The van der Waals surface area contributed by atoms with E-state index in [2.05, 4.69) is 16.0 Å². The number of hydrogen-bond acceptors (Lipinski definition) is 4. The van der Waals surface area contributed by atoms with Gasteiger partial charge in [0, 0.05) is 23.1 Å². The predicted octanol–water partition coefficient (Wildman–Crippen LogP) is 4.13. The molecule has 0 saturated heterocycles. The lowest BCUT2D eigenvalue weighted by Gasteiger charge is -2.15. The molecule has 0 saturated carbocycles. The number of hydrogen-bond donors (Lipinski definition) is 3. The Morgan fingerprint density at radius 2 is 1.70 bits per heavy atom. The zero-order valence-corrected chi connectivity index (χ0v) is 17.6. The second kappa shape index (κ2) is 9.84. The predicted molar refractivity (Wildman–Crippen MR) is 119 cm³/mol. The van der Waals surface area contributed by atoms with Gasteiger partial charge in [-0.3, -0.25) is 14.4 Å². The molecule has 0 spiro atoms. The molecule has 1 heterocycles. The van der Waals surface area contributed by atoms with E-state index < -0.39 is 0 Å². The van der Waals surface area contributed by atoms with E-state index >= 15 is 0 Å². The molecule has 3 aromatic rings. The Hall–Kier alpha value is -3.45. The molecular weight excluding hydrogens is 398 g/mol. The maximum Gasteiger partial charge on any atom is 0.261 e.